The lowest BCUT2D eigenvalue weighted by atomic mass is 10.0. The molecule has 162 valence electrons. The molecule has 1 aromatic rings. The number of ether oxygens (including phenoxy) is 2. The quantitative estimate of drug-likeness (QED) is 0.514. The van der Waals surface area contributed by atoms with E-state index in [-0.39, 0.29) is 11.9 Å². The van der Waals surface area contributed by atoms with Gasteiger partial charge in [-0.2, -0.15) is 0 Å². The second kappa shape index (κ2) is 11.4. The maximum absolute atomic E-state index is 13.0. The molecule has 2 atom stereocenters. The van der Waals surface area contributed by atoms with Crippen LogP contribution < -0.4 is 15.4 Å². The number of benzene rings is 1. The largest absolute Gasteiger partial charge is 0.489 e. The van der Waals surface area contributed by atoms with E-state index < -0.39 is 0 Å². The van der Waals surface area contributed by atoms with Gasteiger partial charge in [0.15, 0.2) is 5.96 Å². The molecule has 2 aliphatic heterocycles. The zero-order valence-electron chi connectivity index (χ0n) is 17.7. The van der Waals surface area contributed by atoms with Crippen molar-refractivity contribution in [3.63, 3.8) is 0 Å². The predicted octanol–water partition coefficient (Wildman–Crippen LogP) is 2.65. The number of piperidine rings is 1. The molecule has 2 aliphatic rings. The van der Waals surface area contributed by atoms with E-state index in [2.05, 4.69) is 27.4 Å². The lowest BCUT2D eigenvalue weighted by molar-refractivity contribution is 0.150. The number of nitrogens with zero attached hydrogens (tertiary/aromatic N) is 2. The van der Waals surface area contributed by atoms with E-state index in [0.717, 1.165) is 51.6 Å². The van der Waals surface area contributed by atoms with Crippen LogP contribution in [0.5, 0.6) is 5.75 Å². The third-order valence-corrected chi connectivity index (χ3v) is 5.47. The fourth-order valence-electron chi connectivity index (χ4n) is 3.87. The van der Waals surface area contributed by atoms with Gasteiger partial charge in [-0.05, 0) is 63.3 Å². The average Bonchev–Trinajstić information content (AvgIpc) is 3.23. The van der Waals surface area contributed by atoms with E-state index in [0.29, 0.717) is 24.3 Å². The van der Waals surface area contributed by atoms with Gasteiger partial charge in [0.1, 0.15) is 17.7 Å². The molecular weight excluding hydrogens is 371 g/mol. The van der Waals surface area contributed by atoms with Crippen molar-refractivity contribution in [3.05, 3.63) is 30.1 Å². The van der Waals surface area contributed by atoms with Crippen LogP contribution in [0.15, 0.2) is 29.3 Å². The minimum Gasteiger partial charge on any atom is -0.489 e. The minimum absolute atomic E-state index is 0.0913. The van der Waals surface area contributed by atoms with Crippen LogP contribution in [0, 0.1) is 11.7 Å². The van der Waals surface area contributed by atoms with Crippen LogP contribution >= 0.6 is 0 Å². The average molecular weight is 407 g/mol. The molecule has 2 unspecified atom stereocenters. The molecule has 0 amide bonds. The summed E-state index contributed by atoms with van der Waals surface area (Å²) in [5, 5.41) is 6.91. The first-order chi connectivity index (χ1) is 14.1. The van der Waals surface area contributed by atoms with Crippen LogP contribution in [0.1, 0.15) is 33.1 Å². The Kier molecular flexibility index (Phi) is 8.55. The van der Waals surface area contributed by atoms with Gasteiger partial charge >= 0.3 is 0 Å². The summed E-state index contributed by atoms with van der Waals surface area (Å²) in [6.45, 7) is 10.7. The number of guanidine groups is 1. The van der Waals surface area contributed by atoms with Crippen molar-refractivity contribution in [2.24, 2.45) is 10.9 Å². The maximum Gasteiger partial charge on any atom is 0.191 e. The van der Waals surface area contributed by atoms with Gasteiger partial charge in [-0.1, -0.05) is 0 Å². The van der Waals surface area contributed by atoms with Gasteiger partial charge in [-0.15, -0.1) is 0 Å². The molecule has 0 spiro atoms. The summed E-state index contributed by atoms with van der Waals surface area (Å²) >= 11 is 0. The van der Waals surface area contributed by atoms with Gasteiger partial charge in [0.2, 0.25) is 0 Å². The summed E-state index contributed by atoms with van der Waals surface area (Å²) in [5.74, 6) is 1.95. The number of hydrogen-bond donors (Lipinski definition) is 2. The highest BCUT2D eigenvalue weighted by Crippen LogP contribution is 2.18. The molecule has 2 heterocycles. The normalized spacial score (nSPS) is 22.4. The predicted molar refractivity (Wildman–Crippen MR) is 114 cm³/mol. The number of halogens is 1. The van der Waals surface area contributed by atoms with Crippen molar-refractivity contribution in [2.75, 3.05) is 45.9 Å². The van der Waals surface area contributed by atoms with Gasteiger partial charge in [-0.3, -0.25) is 0 Å². The highest BCUT2D eigenvalue weighted by molar-refractivity contribution is 5.80. The topological polar surface area (TPSA) is 58.1 Å². The van der Waals surface area contributed by atoms with Crippen LogP contribution in [0.4, 0.5) is 4.39 Å². The number of aliphatic imine (C=N–C) groups is 1. The Morgan fingerprint density at radius 1 is 1.28 bits per heavy atom. The van der Waals surface area contributed by atoms with Crippen LogP contribution in [-0.4, -0.2) is 68.9 Å². The third-order valence-electron chi connectivity index (χ3n) is 5.47. The highest BCUT2D eigenvalue weighted by atomic mass is 19.1. The Morgan fingerprint density at radius 3 is 2.69 bits per heavy atom. The Bertz CT molecular complexity index is 626. The van der Waals surface area contributed by atoms with Crippen molar-refractivity contribution in [3.8, 4) is 5.75 Å². The molecule has 7 heteroatoms. The molecule has 2 fully saturated rings. The Balaban J connectivity index is 1.42. The first-order valence-electron chi connectivity index (χ1n) is 10.9. The Morgan fingerprint density at radius 2 is 2.03 bits per heavy atom. The highest BCUT2D eigenvalue weighted by Gasteiger charge is 2.24. The first-order valence-corrected chi connectivity index (χ1v) is 10.9. The maximum atomic E-state index is 13.0. The summed E-state index contributed by atoms with van der Waals surface area (Å²) in [7, 11) is 0. The van der Waals surface area contributed by atoms with Crippen molar-refractivity contribution in [1.29, 1.82) is 0 Å². The van der Waals surface area contributed by atoms with Crippen molar-refractivity contribution in [1.82, 2.24) is 15.5 Å². The van der Waals surface area contributed by atoms with E-state index in [9.17, 15) is 4.39 Å². The number of likely N-dealkylation sites (tertiary alicyclic amines) is 1. The molecule has 0 aromatic heterocycles. The zero-order valence-corrected chi connectivity index (χ0v) is 17.7. The number of nitrogens with one attached hydrogen (secondary N) is 2. The molecule has 3 rings (SSSR count). The van der Waals surface area contributed by atoms with E-state index in [1.807, 2.05) is 6.92 Å². The molecule has 1 aromatic carbocycles. The zero-order chi connectivity index (χ0) is 20.5. The second-order valence-corrected chi connectivity index (χ2v) is 8.05. The molecule has 6 nitrogen and oxygen atoms in total. The summed E-state index contributed by atoms with van der Waals surface area (Å²) in [6.07, 6.45) is 3.36. The van der Waals surface area contributed by atoms with Crippen LogP contribution in [-0.2, 0) is 4.74 Å². The molecule has 29 heavy (non-hydrogen) atoms. The SMILES string of the molecule is CCNC(=NCC(C)Oc1ccc(F)cc1)NC1CCN(CC2CCOC2)CC1. The number of hydrogen-bond acceptors (Lipinski definition) is 4. The molecule has 2 N–H and O–H groups in total. The first kappa shape index (κ1) is 21.8. The fourth-order valence-corrected chi connectivity index (χ4v) is 3.87. The van der Waals surface area contributed by atoms with Gasteiger partial charge < -0.3 is 25.0 Å². The summed E-state index contributed by atoms with van der Waals surface area (Å²) < 4.78 is 24.3. The Hall–Kier alpha value is -1.86. The van der Waals surface area contributed by atoms with E-state index in [1.165, 1.54) is 25.1 Å². The number of rotatable bonds is 8. The Labute approximate surface area is 173 Å². The molecule has 0 radical (unpaired) electrons. The third kappa shape index (κ3) is 7.48. The lowest BCUT2D eigenvalue weighted by Gasteiger charge is -2.34. The van der Waals surface area contributed by atoms with Gasteiger partial charge in [0.05, 0.1) is 13.2 Å². The fraction of sp³-hybridized carbons (Fsp3) is 0.682. The van der Waals surface area contributed by atoms with Crippen molar-refractivity contribution >= 4 is 5.96 Å². The molecule has 2 saturated heterocycles. The smallest absolute Gasteiger partial charge is 0.191 e. The van der Waals surface area contributed by atoms with E-state index in [4.69, 9.17) is 9.47 Å². The molecular formula is C22H35FN4O2. The van der Waals surface area contributed by atoms with Crippen molar-refractivity contribution < 1.29 is 13.9 Å². The van der Waals surface area contributed by atoms with Gasteiger partial charge in [0, 0.05) is 38.8 Å². The van der Waals surface area contributed by atoms with Crippen LogP contribution in [0.3, 0.4) is 0 Å². The summed E-state index contributed by atoms with van der Waals surface area (Å²) in [6, 6.07) is 6.54. The molecule has 0 aliphatic carbocycles. The van der Waals surface area contributed by atoms with E-state index in [1.54, 1.807) is 12.1 Å². The van der Waals surface area contributed by atoms with Gasteiger partial charge in [-0.25, -0.2) is 9.38 Å². The van der Waals surface area contributed by atoms with E-state index >= 15 is 0 Å². The van der Waals surface area contributed by atoms with Crippen molar-refractivity contribution in [2.45, 2.75) is 45.3 Å². The standard InChI is InChI=1S/C22H35FN4O2/c1-3-24-22(25-14-17(2)29-21-6-4-19(23)5-7-21)26-20-8-11-27(12-9-20)15-18-10-13-28-16-18/h4-7,17-18,20H,3,8-16H2,1-2H3,(H2,24,25,26). The molecule has 0 saturated carbocycles. The second-order valence-electron chi connectivity index (χ2n) is 8.05. The van der Waals surface area contributed by atoms with Crippen LogP contribution in [0.25, 0.3) is 0 Å². The van der Waals surface area contributed by atoms with Crippen LogP contribution in [0.2, 0.25) is 0 Å². The summed E-state index contributed by atoms with van der Waals surface area (Å²) in [5.41, 5.74) is 0. The summed E-state index contributed by atoms with van der Waals surface area (Å²) in [4.78, 5) is 7.26. The monoisotopic (exact) mass is 406 g/mol. The molecule has 0 bridgehead atoms. The van der Waals surface area contributed by atoms with Gasteiger partial charge in [0.25, 0.3) is 0 Å². The lowest BCUT2D eigenvalue weighted by Crippen LogP contribution is -2.49. The minimum atomic E-state index is -0.260.